The molecule has 1 heterocycles. The first kappa shape index (κ1) is 19.5. The van der Waals surface area contributed by atoms with Crippen LogP contribution in [0.5, 0.6) is 0 Å². The molecule has 0 aliphatic carbocycles. The molecule has 1 aliphatic heterocycles. The van der Waals surface area contributed by atoms with E-state index in [1.54, 1.807) is 60.7 Å². The van der Waals surface area contributed by atoms with Crippen molar-refractivity contribution in [1.29, 1.82) is 0 Å². The minimum atomic E-state index is -0.603. The highest BCUT2D eigenvalue weighted by Gasteiger charge is 2.36. The van der Waals surface area contributed by atoms with Crippen LogP contribution in [-0.4, -0.2) is 34.9 Å². The van der Waals surface area contributed by atoms with Crippen LogP contribution >= 0.6 is 11.6 Å². The molecule has 3 aromatic carbocycles. The van der Waals surface area contributed by atoms with Gasteiger partial charge in [0.2, 0.25) is 5.91 Å². The molecule has 3 aromatic rings. The van der Waals surface area contributed by atoms with E-state index in [0.717, 1.165) is 4.90 Å². The van der Waals surface area contributed by atoms with Crippen LogP contribution in [0.15, 0.2) is 72.8 Å². The average Bonchev–Trinajstić information content (AvgIpc) is 3.00. The molecule has 3 amide bonds. The molecule has 0 radical (unpaired) electrons. The number of carbonyl (C=O) groups excluding carboxylic acids is 4. The highest BCUT2D eigenvalue weighted by atomic mass is 35.5. The molecule has 0 fully saturated rings. The van der Waals surface area contributed by atoms with Crippen LogP contribution in [-0.2, 0) is 4.79 Å². The Morgan fingerprint density at radius 2 is 1.43 bits per heavy atom. The van der Waals surface area contributed by atoms with E-state index in [1.807, 2.05) is 0 Å². The van der Waals surface area contributed by atoms with Crippen LogP contribution in [0, 0.1) is 0 Å². The number of hydrogen-bond donors (Lipinski definition) is 1. The molecule has 0 unspecified atom stereocenters. The van der Waals surface area contributed by atoms with Crippen LogP contribution < -0.4 is 5.32 Å². The Morgan fingerprint density at radius 3 is 2.07 bits per heavy atom. The third kappa shape index (κ3) is 3.60. The number of amides is 3. The zero-order chi connectivity index (χ0) is 21.3. The van der Waals surface area contributed by atoms with Crippen molar-refractivity contribution in [3.05, 3.63) is 100 Å². The summed E-state index contributed by atoms with van der Waals surface area (Å²) in [5, 5.41) is 2.96. The first-order valence-electron chi connectivity index (χ1n) is 9.10. The average molecular weight is 419 g/mol. The Labute approximate surface area is 177 Å². The molecule has 1 aliphatic rings. The van der Waals surface area contributed by atoms with Crippen LogP contribution in [0.25, 0.3) is 0 Å². The standard InChI is InChI=1S/C23H15ClN2O4/c24-15-10-11-19(18(12-15)21(28)14-6-2-1-3-7-14)25-20(27)13-26-22(29)16-8-4-5-9-17(16)23(26)30/h1-12H,13H2,(H,25,27). The molecular formula is C23H15ClN2O4. The van der Waals surface area contributed by atoms with Gasteiger partial charge < -0.3 is 5.32 Å². The van der Waals surface area contributed by atoms with E-state index in [-0.39, 0.29) is 28.2 Å². The van der Waals surface area contributed by atoms with Gasteiger partial charge in [0.25, 0.3) is 11.8 Å². The van der Waals surface area contributed by atoms with Crippen molar-refractivity contribution in [1.82, 2.24) is 4.90 Å². The molecule has 0 saturated heterocycles. The molecule has 0 bridgehead atoms. The summed E-state index contributed by atoms with van der Waals surface area (Å²) in [6, 6.07) is 19.5. The molecule has 0 atom stereocenters. The lowest BCUT2D eigenvalue weighted by Gasteiger charge is -2.15. The lowest BCUT2D eigenvalue weighted by molar-refractivity contribution is -0.116. The SMILES string of the molecule is O=C(CN1C(=O)c2ccccc2C1=O)Nc1ccc(Cl)cc1C(=O)c1ccccc1. The van der Waals surface area contributed by atoms with Crippen LogP contribution in [0.3, 0.4) is 0 Å². The van der Waals surface area contributed by atoms with E-state index in [0.29, 0.717) is 10.6 Å². The number of nitrogens with zero attached hydrogens (tertiary/aromatic N) is 1. The van der Waals surface area contributed by atoms with Gasteiger partial charge in [0.05, 0.1) is 16.8 Å². The molecular weight excluding hydrogens is 404 g/mol. The third-order valence-electron chi connectivity index (χ3n) is 4.72. The van der Waals surface area contributed by atoms with Gasteiger partial charge in [0.1, 0.15) is 6.54 Å². The van der Waals surface area contributed by atoms with Gasteiger partial charge in [-0.1, -0.05) is 54.1 Å². The highest BCUT2D eigenvalue weighted by molar-refractivity contribution is 6.31. The predicted octanol–water partition coefficient (Wildman–Crippen LogP) is 3.81. The summed E-state index contributed by atoms with van der Waals surface area (Å²) in [7, 11) is 0. The number of imide groups is 1. The maximum atomic E-state index is 12.9. The third-order valence-corrected chi connectivity index (χ3v) is 4.95. The summed E-state index contributed by atoms with van der Waals surface area (Å²) in [6.07, 6.45) is 0. The van der Waals surface area contributed by atoms with Crippen LogP contribution in [0.2, 0.25) is 5.02 Å². The van der Waals surface area contributed by atoms with Crippen molar-refractivity contribution in [2.75, 3.05) is 11.9 Å². The number of ketones is 1. The largest absolute Gasteiger partial charge is 0.324 e. The molecule has 0 saturated carbocycles. The number of nitrogens with one attached hydrogen (secondary N) is 1. The van der Waals surface area contributed by atoms with E-state index in [1.165, 1.54) is 12.1 Å². The minimum Gasteiger partial charge on any atom is -0.324 e. The summed E-state index contributed by atoms with van der Waals surface area (Å²) in [5.41, 5.74) is 1.43. The number of anilines is 1. The topological polar surface area (TPSA) is 83.6 Å². The Kier molecular flexibility index (Phi) is 5.16. The van der Waals surface area contributed by atoms with E-state index in [9.17, 15) is 19.2 Å². The van der Waals surface area contributed by atoms with Gasteiger partial charge in [-0.2, -0.15) is 0 Å². The molecule has 0 aromatic heterocycles. The maximum absolute atomic E-state index is 12.9. The second-order valence-corrected chi connectivity index (χ2v) is 7.11. The highest BCUT2D eigenvalue weighted by Crippen LogP contribution is 2.25. The Hall–Kier alpha value is -3.77. The number of carbonyl (C=O) groups is 4. The minimum absolute atomic E-state index is 0.212. The van der Waals surface area contributed by atoms with Crippen LogP contribution in [0.4, 0.5) is 5.69 Å². The summed E-state index contributed by atoms with van der Waals surface area (Å²) in [4.78, 5) is 51.3. The van der Waals surface area contributed by atoms with Crippen LogP contribution in [0.1, 0.15) is 36.6 Å². The molecule has 6 nitrogen and oxygen atoms in total. The van der Waals surface area contributed by atoms with Gasteiger partial charge in [0, 0.05) is 16.1 Å². The fourth-order valence-electron chi connectivity index (χ4n) is 3.27. The maximum Gasteiger partial charge on any atom is 0.262 e. The van der Waals surface area contributed by atoms with Gasteiger partial charge in [-0.25, -0.2) is 0 Å². The zero-order valence-corrected chi connectivity index (χ0v) is 16.3. The van der Waals surface area contributed by atoms with Gasteiger partial charge in [-0.3, -0.25) is 24.1 Å². The summed E-state index contributed by atoms with van der Waals surface area (Å²) >= 11 is 6.05. The van der Waals surface area contributed by atoms with Gasteiger partial charge in [-0.15, -0.1) is 0 Å². The molecule has 1 N–H and O–H groups in total. The summed E-state index contributed by atoms with van der Waals surface area (Å²) < 4.78 is 0. The van der Waals surface area contributed by atoms with E-state index < -0.39 is 24.3 Å². The fourth-order valence-corrected chi connectivity index (χ4v) is 3.45. The second kappa shape index (κ2) is 7.93. The first-order chi connectivity index (χ1) is 14.5. The van der Waals surface area contributed by atoms with Gasteiger partial charge in [0.15, 0.2) is 5.78 Å². The first-order valence-corrected chi connectivity index (χ1v) is 9.48. The van der Waals surface area contributed by atoms with E-state index in [2.05, 4.69) is 5.32 Å². The number of rotatable bonds is 5. The van der Waals surface area contributed by atoms with Crippen molar-refractivity contribution in [2.24, 2.45) is 0 Å². The fraction of sp³-hybridized carbons (Fsp3) is 0.0435. The number of hydrogen-bond acceptors (Lipinski definition) is 4. The van der Waals surface area contributed by atoms with Crippen molar-refractivity contribution >= 4 is 40.8 Å². The molecule has 148 valence electrons. The molecule has 0 spiro atoms. The Balaban J connectivity index is 1.55. The zero-order valence-electron chi connectivity index (χ0n) is 15.6. The van der Waals surface area contributed by atoms with Crippen molar-refractivity contribution in [2.45, 2.75) is 0 Å². The van der Waals surface area contributed by atoms with Crippen molar-refractivity contribution in [3.8, 4) is 0 Å². The molecule has 30 heavy (non-hydrogen) atoms. The van der Waals surface area contributed by atoms with Gasteiger partial charge >= 0.3 is 0 Å². The number of benzene rings is 3. The second-order valence-electron chi connectivity index (χ2n) is 6.68. The predicted molar refractivity (Wildman–Crippen MR) is 112 cm³/mol. The Morgan fingerprint density at radius 1 is 0.833 bits per heavy atom. The lowest BCUT2D eigenvalue weighted by atomic mass is 10.0. The monoisotopic (exact) mass is 418 g/mol. The van der Waals surface area contributed by atoms with Crippen molar-refractivity contribution < 1.29 is 19.2 Å². The quantitative estimate of drug-likeness (QED) is 0.504. The number of halogens is 1. The lowest BCUT2D eigenvalue weighted by Crippen LogP contribution is -2.37. The van der Waals surface area contributed by atoms with E-state index in [4.69, 9.17) is 11.6 Å². The number of fused-ring (bicyclic) bond motifs is 1. The summed E-state index contributed by atoms with van der Waals surface area (Å²) in [5.74, 6) is -1.96. The smallest absolute Gasteiger partial charge is 0.262 e. The van der Waals surface area contributed by atoms with Crippen molar-refractivity contribution in [3.63, 3.8) is 0 Å². The van der Waals surface area contributed by atoms with E-state index >= 15 is 0 Å². The molecule has 4 rings (SSSR count). The van der Waals surface area contributed by atoms with Gasteiger partial charge in [-0.05, 0) is 30.3 Å². The Bertz CT molecular complexity index is 1160. The molecule has 7 heteroatoms. The normalized spacial score (nSPS) is 12.6. The summed E-state index contributed by atoms with van der Waals surface area (Å²) in [6.45, 7) is -0.464.